The van der Waals surface area contributed by atoms with Crippen molar-refractivity contribution in [1.82, 2.24) is 10.0 Å². The lowest BCUT2D eigenvalue weighted by Gasteiger charge is -2.38. The molecule has 0 aliphatic carbocycles. The molecule has 0 N–H and O–H groups in total. The third-order valence-corrected chi connectivity index (χ3v) is 5.02. The number of hydrazine groups is 1. The summed E-state index contributed by atoms with van der Waals surface area (Å²) in [5.41, 5.74) is 5.77. The van der Waals surface area contributed by atoms with Crippen LogP contribution in [0.2, 0.25) is 0 Å². The van der Waals surface area contributed by atoms with Crippen LogP contribution in [0.5, 0.6) is 0 Å². The predicted octanol–water partition coefficient (Wildman–Crippen LogP) is 4.39. The summed E-state index contributed by atoms with van der Waals surface area (Å²) >= 11 is 0. The van der Waals surface area contributed by atoms with Crippen molar-refractivity contribution in [2.24, 2.45) is 0 Å². The van der Waals surface area contributed by atoms with Gasteiger partial charge < -0.3 is 0 Å². The molecule has 3 heteroatoms. The smallest absolute Gasteiger partial charge is 0.264 e. The molecular formula is C20H30N2O. The Morgan fingerprint density at radius 3 is 2.35 bits per heavy atom. The SMILES string of the molecule is CC(C)=C(C)C(=O)N(Cc1cccc(C)c1C)N1CCCCC1. The van der Waals surface area contributed by atoms with Crippen molar-refractivity contribution < 1.29 is 4.79 Å². The number of piperidine rings is 1. The Morgan fingerprint density at radius 1 is 1.09 bits per heavy atom. The van der Waals surface area contributed by atoms with E-state index in [9.17, 15) is 4.79 Å². The van der Waals surface area contributed by atoms with Gasteiger partial charge in [0.05, 0.1) is 6.54 Å². The molecule has 23 heavy (non-hydrogen) atoms. The van der Waals surface area contributed by atoms with Gasteiger partial charge in [-0.05, 0) is 64.2 Å². The van der Waals surface area contributed by atoms with Crippen LogP contribution >= 0.6 is 0 Å². The van der Waals surface area contributed by atoms with E-state index >= 15 is 0 Å². The first-order valence-electron chi connectivity index (χ1n) is 8.67. The highest BCUT2D eigenvalue weighted by Gasteiger charge is 2.25. The van der Waals surface area contributed by atoms with Crippen molar-refractivity contribution in [3.05, 3.63) is 46.0 Å². The van der Waals surface area contributed by atoms with Crippen LogP contribution in [0.1, 0.15) is 56.7 Å². The van der Waals surface area contributed by atoms with Gasteiger partial charge in [0.1, 0.15) is 0 Å². The maximum atomic E-state index is 13.0. The summed E-state index contributed by atoms with van der Waals surface area (Å²) in [4.78, 5) is 13.0. The fourth-order valence-electron chi connectivity index (χ4n) is 2.97. The molecule has 0 saturated carbocycles. The minimum Gasteiger partial charge on any atom is -0.268 e. The number of carbonyl (C=O) groups excluding carboxylic acids is 1. The Kier molecular flexibility index (Phi) is 6.00. The number of nitrogens with zero attached hydrogens (tertiary/aromatic N) is 2. The summed E-state index contributed by atoms with van der Waals surface area (Å²) in [5.74, 6) is 0.146. The molecule has 0 atom stereocenters. The molecule has 0 unspecified atom stereocenters. The van der Waals surface area contributed by atoms with Crippen LogP contribution in [0.25, 0.3) is 0 Å². The predicted molar refractivity (Wildman–Crippen MR) is 95.9 cm³/mol. The van der Waals surface area contributed by atoms with E-state index in [1.807, 2.05) is 25.8 Å². The van der Waals surface area contributed by atoms with Gasteiger partial charge in [-0.25, -0.2) is 5.01 Å². The highest BCUT2D eigenvalue weighted by Crippen LogP contribution is 2.21. The van der Waals surface area contributed by atoms with Crippen LogP contribution in [-0.4, -0.2) is 29.0 Å². The standard InChI is InChI=1S/C20H30N2O/c1-15(2)17(4)20(23)22(21-12-7-6-8-13-21)14-19-11-9-10-16(3)18(19)5/h9-11H,6-8,12-14H2,1-5H3. The van der Waals surface area contributed by atoms with E-state index in [-0.39, 0.29) is 5.91 Å². The van der Waals surface area contributed by atoms with Crippen molar-refractivity contribution in [3.63, 3.8) is 0 Å². The van der Waals surface area contributed by atoms with Gasteiger partial charge in [-0.3, -0.25) is 9.80 Å². The molecule has 1 heterocycles. The number of allylic oxidation sites excluding steroid dienone is 1. The maximum absolute atomic E-state index is 13.0. The summed E-state index contributed by atoms with van der Waals surface area (Å²) in [7, 11) is 0. The Balaban J connectivity index is 2.31. The topological polar surface area (TPSA) is 23.6 Å². The largest absolute Gasteiger partial charge is 0.268 e. The van der Waals surface area contributed by atoms with Crippen LogP contribution in [0.4, 0.5) is 0 Å². The molecule has 1 aromatic carbocycles. The molecule has 1 aliphatic heterocycles. The van der Waals surface area contributed by atoms with Gasteiger partial charge in [0.25, 0.3) is 5.91 Å². The highest BCUT2D eigenvalue weighted by atomic mass is 16.2. The first kappa shape index (κ1) is 17.7. The van der Waals surface area contributed by atoms with Crippen LogP contribution < -0.4 is 0 Å². The van der Waals surface area contributed by atoms with Gasteiger partial charge in [0.2, 0.25) is 0 Å². The lowest BCUT2D eigenvalue weighted by atomic mass is 10.0. The number of amides is 1. The third kappa shape index (κ3) is 4.23. The van der Waals surface area contributed by atoms with E-state index in [0.717, 1.165) is 24.2 Å². The zero-order chi connectivity index (χ0) is 17.0. The van der Waals surface area contributed by atoms with Crippen molar-refractivity contribution in [2.45, 2.75) is 60.4 Å². The Morgan fingerprint density at radius 2 is 1.74 bits per heavy atom. The second kappa shape index (κ2) is 7.78. The van der Waals surface area contributed by atoms with Crippen LogP contribution in [-0.2, 0) is 11.3 Å². The molecular weight excluding hydrogens is 284 g/mol. The van der Waals surface area contributed by atoms with E-state index in [2.05, 4.69) is 37.1 Å². The molecule has 1 amide bonds. The van der Waals surface area contributed by atoms with E-state index in [0.29, 0.717) is 6.54 Å². The normalized spacial score (nSPS) is 15.3. The molecule has 0 aromatic heterocycles. The van der Waals surface area contributed by atoms with Crippen molar-refractivity contribution in [3.8, 4) is 0 Å². The molecule has 0 spiro atoms. The zero-order valence-corrected chi connectivity index (χ0v) is 15.3. The summed E-state index contributed by atoms with van der Waals surface area (Å²) in [6.07, 6.45) is 3.61. The lowest BCUT2D eigenvalue weighted by molar-refractivity contribution is -0.148. The summed E-state index contributed by atoms with van der Waals surface area (Å²) < 4.78 is 0. The minimum absolute atomic E-state index is 0.146. The van der Waals surface area contributed by atoms with Crippen molar-refractivity contribution in [1.29, 1.82) is 0 Å². The minimum atomic E-state index is 0.146. The third-order valence-electron chi connectivity index (χ3n) is 5.02. The molecule has 0 radical (unpaired) electrons. The second-order valence-electron chi connectivity index (χ2n) is 6.86. The molecule has 1 aliphatic rings. The van der Waals surface area contributed by atoms with Gasteiger partial charge in [0.15, 0.2) is 0 Å². The fourth-order valence-corrected chi connectivity index (χ4v) is 2.97. The quantitative estimate of drug-likeness (QED) is 0.770. The fraction of sp³-hybridized carbons (Fsp3) is 0.550. The lowest BCUT2D eigenvalue weighted by Crippen LogP contribution is -2.48. The van der Waals surface area contributed by atoms with Gasteiger partial charge >= 0.3 is 0 Å². The van der Waals surface area contributed by atoms with Crippen molar-refractivity contribution in [2.75, 3.05) is 13.1 Å². The number of aryl methyl sites for hydroxylation is 1. The number of benzene rings is 1. The second-order valence-corrected chi connectivity index (χ2v) is 6.86. The van der Waals surface area contributed by atoms with E-state index in [4.69, 9.17) is 0 Å². The average Bonchev–Trinajstić information content (AvgIpc) is 2.55. The van der Waals surface area contributed by atoms with Gasteiger partial charge in [0, 0.05) is 18.7 Å². The molecule has 0 bridgehead atoms. The van der Waals surface area contributed by atoms with E-state index < -0.39 is 0 Å². The van der Waals surface area contributed by atoms with E-state index in [1.165, 1.54) is 36.0 Å². The van der Waals surface area contributed by atoms with Gasteiger partial charge in [-0.2, -0.15) is 0 Å². The van der Waals surface area contributed by atoms with Crippen molar-refractivity contribution >= 4 is 5.91 Å². The summed E-state index contributed by atoms with van der Waals surface area (Å²) in [5, 5.41) is 4.23. The first-order valence-corrected chi connectivity index (χ1v) is 8.67. The first-order chi connectivity index (χ1) is 10.9. The van der Waals surface area contributed by atoms with Crippen LogP contribution in [0, 0.1) is 13.8 Å². The summed E-state index contributed by atoms with van der Waals surface area (Å²) in [6.45, 7) is 12.9. The Bertz CT molecular complexity index is 594. The number of rotatable bonds is 4. The number of hydrogen-bond acceptors (Lipinski definition) is 2. The molecule has 2 rings (SSSR count). The molecule has 1 saturated heterocycles. The Labute approximate surface area is 140 Å². The molecule has 1 aromatic rings. The Hall–Kier alpha value is -1.61. The molecule has 126 valence electrons. The van der Waals surface area contributed by atoms with E-state index in [1.54, 1.807) is 0 Å². The zero-order valence-electron chi connectivity index (χ0n) is 15.3. The van der Waals surface area contributed by atoms with Crippen LogP contribution in [0.15, 0.2) is 29.3 Å². The summed E-state index contributed by atoms with van der Waals surface area (Å²) in [6, 6.07) is 6.36. The van der Waals surface area contributed by atoms with Gasteiger partial charge in [-0.15, -0.1) is 0 Å². The highest BCUT2D eigenvalue weighted by molar-refractivity contribution is 5.93. The monoisotopic (exact) mass is 314 g/mol. The molecule has 3 nitrogen and oxygen atoms in total. The van der Waals surface area contributed by atoms with Gasteiger partial charge in [-0.1, -0.05) is 30.2 Å². The number of carbonyl (C=O) groups is 1. The average molecular weight is 314 g/mol. The molecule has 1 fully saturated rings. The number of hydrogen-bond donors (Lipinski definition) is 0. The van der Waals surface area contributed by atoms with Crippen LogP contribution in [0.3, 0.4) is 0 Å². The maximum Gasteiger partial charge on any atom is 0.264 e.